The second-order valence-corrected chi connectivity index (χ2v) is 3.32. The number of nitrogens with one attached hydrogen (secondary N) is 1. The van der Waals surface area contributed by atoms with Gasteiger partial charge in [0, 0.05) is 6.04 Å². The standard InChI is InChI=1S/C9H20N2/c1-3-11-8-4-5-9(11)6-7-10-2/h9-10H,3-8H2,1-2H3. The van der Waals surface area contributed by atoms with E-state index in [1.54, 1.807) is 0 Å². The van der Waals surface area contributed by atoms with Crippen LogP contribution in [0.3, 0.4) is 0 Å². The molecule has 0 aromatic rings. The van der Waals surface area contributed by atoms with Crippen molar-refractivity contribution in [2.45, 2.75) is 32.2 Å². The van der Waals surface area contributed by atoms with Gasteiger partial charge >= 0.3 is 0 Å². The summed E-state index contributed by atoms with van der Waals surface area (Å²) in [6.45, 7) is 5.98. The molecule has 1 atom stereocenters. The molecule has 1 fully saturated rings. The SMILES string of the molecule is CCN1CCCC1CCNC. The molecule has 1 rings (SSSR count). The van der Waals surface area contributed by atoms with Crippen molar-refractivity contribution in [3.63, 3.8) is 0 Å². The molecule has 2 nitrogen and oxygen atoms in total. The van der Waals surface area contributed by atoms with E-state index in [9.17, 15) is 0 Å². The maximum absolute atomic E-state index is 3.21. The first kappa shape index (κ1) is 9.01. The molecule has 0 amide bonds. The maximum Gasteiger partial charge on any atom is 0.0108 e. The predicted molar refractivity (Wildman–Crippen MR) is 48.8 cm³/mol. The maximum atomic E-state index is 3.21. The van der Waals surface area contributed by atoms with Crippen molar-refractivity contribution >= 4 is 0 Å². The summed E-state index contributed by atoms with van der Waals surface area (Å²) < 4.78 is 0. The van der Waals surface area contributed by atoms with Crippen molar-refractivity contribution in [1.82, 2.24) is 10.2 Å². The normalized spacial score (nSPS) is 26.2. The third-order valence-electron chi connectivity index (χ3n) is 2.63. The number of likely N-dealkylation sites (tertiary alicyclic amines) is 1. The lowest BCUT2D eigenvalue weighted by Gasteiger charge is -2.22. The fraction of sp³-hybridized carbons (Fsp3) is 1.00. The highest BCUT2D eigenvalue weighted by molar-refractivity contribution is 4.78. The van der Waals surface area contributed by atoms with Gasteiger partial charge in [-0.25, -0.2) is 0 Å². The van der Waals surface area contributed by atoms with Gasteiger partial charge in [0.2, 0.25) is 0 Å². The molecule has 0 aliphatic carbocycles. The van der Waals surface area contributed by atoms with E-state index in [0.717, 1.165) is 6.04 Å². The van der Waals surface area contributed by atoms with E-state index in [4.69, 9.17) is 0 Å². The second kappa shape index (κ2) is 4.73. The molecule has 1 saturated heterocycles. The minimum Gasteiger partial charge on any atom is -0.320 e. The first-order valence-electron chi connectivity index (χ1n) is 4.77. The Morgan fingerprint density at radius 2 is 2.36 bits per heavy atom. The van der Waals surface area contributed by atoms with Crippen LogP contribution in [0.1, 0.15) is 26.2 Å². The quantitative estimate of drug-likeness (QED) is 0.655. The summed E-state index contributed by atoms with van der Waals surface area (Å²) in [5.74, 6) is 0. The second-order valence-electron chi connectivity index (χ2n) is 3.32. The molecule has 1 aliphatic rings. The van der Waals surface area contributed by atoms with Gasteiger partial charge < -0.3 is 10.2 Å². The van der Waals surface area contributed by atoms with Crippen LogP contribution in [0.4, 0.5) is 0 Å². The molecule has 0 radical (unpaired) electrons. The van der Waals surface area contributed by atoms with E-state index >= 15 is 0 Å². The Labute approximate surface area is 70.0 Å². The van der Waals surface area contributed by atoms with Crippen LogP contribution in [0.25, 0.3) is 0 Å². The summed E-state index contributed by atoms with van der Waals surface area (Å²) in [7, 11) is 2.03. The summed E-state index contributed by atoms with van der Waals surface area (Å²) in [6, 6.07) is 0.868. The Kier molecular flexibility index (Phi) is 3.87. The molecule has 1 heterocycles. The molecule has 0 aromatic heterocycles. The molecule has 66 valence electrons. The molecule has 1 N–H and O–H groups in total. The smallest absolute Gasteiger partial charge is 0.0108 e. The van der Waals surface area contributed by atoms with Crippen LogP contribution in [0.2, 0.25) is 0 Å². The number of rotatable bonds is 4. The summed E-state index contributed by atoms with van der Waals surface area (Å²) in [5, 5.41) is 3.21. The molecule has 11 heavy (non-hydrogen) atoms. The summed E-state index contributed by atoms with van der Waals surface area (Å²) >= 11 is 0. The molecular formula is C9H20N2. The van der Waals surface area contributed by atoms with Gasteiger partial charge in [-0.05, 0) is 45.9 Å². The van der Waals surface area contributed by atoms with Crippen molar-refractivity contribution in [3.8, 4) is 0 Å². The minimum atomic E-state index is 0.868. The van der Waals surface area contributed by atoms with Gasteiger partial charge in [0.15, 0.2) is 0 Å². The van der Waals surface area contributed by atoms with Crippen LogP contribution >= 0.6 is 0 Å². The van der Waals surface area contributed by atoms with E-state index in [-0.39, 0.29) is 0 Å². The zero-order chi connectivity index (χ0) is 8.10. The lowest BCUT2D eigenvalue weighted by molar-refractivity contribution is 0.255. The van der Waals surface area contributed by atoms with E-state index in [2.05, 4.69) is 17.1 Å². The van der Waals surface area contributed by atoms with Gasteiger partial charge in [-0.1, -0.05) is 6.92 Å². The van der Waals surface area contributed by atoms with Gasteiger partial charge in [0.05, 0.1) is 0 Å². The minimum absolute atomic E-state index is 0.868. The Balaban J connectivity index is 2.20. The monoisotopic (exact) mass is 156 g/mol. The van der Waals surface area contributed by atoms with Crippen molar-refractivity contribution in [2.75, 3.05) is 26.7 Å². The molecule has 0 aromatic carbocycles. The van der Waals surface area contributed by atoms with E-state index in [0.29, 0.717) is 0 Å². The number of nitrogens with zero attached hydrogens (tertiary/aromatic N) is 1. The molecule has 0 spiro atoms. The van der Waals surface area contributed by atoms with Crippen molar-refractivity contribution in [2.24, 2.45) is 0 Å². The van der Waals surface area contributed by atoms with E-state index in [1.165, 1.54) is 38.9 Å². The largest absolute Gasteiger partial charge is 0.320 e. The molecular weight excluding hydrogens is 136 g/mol. The number of hydrogen-bond donors (Lipinski definition) is 1. The zero-order valence-corrected chi connectivity index (χ0v) is 7.77. The highest BCUT2D eigenvalue weighted by atomic mass is 15.2. The summed E-state index contributed by atoms with van der Waals surface area (Å²) in [5.41, 5.74) is 0. The fourth-order valence-corrected chi connectivity index (χ4v) is 1.95. The first-order valence-corrected chi connectivity index (χ1v) is 4.77. The zero-order valence-electron chi connectivity index (χ0n) is 7.77. The highest BCUT2D eigenvalue weighted by Crippen LogP contribution is 2.18. The van der Waals surface area contributed by atoms with Crippen LogP contribution in [-0.4, -0.2) is 37.6 Å². The molecule has 1 unspecified atom stereocenters. The van der Waals surface area contributed by atoms with Crippen LogP contribution < -0.4 is 5.32 Å². The first-order chi connectivity index (χ1) is 5.38. The van der Waals surface area contributed by atoms with Crippen molar-refractivity contribution < 1.29 is 0 Å². The average molecular weight is 156 g/mol. The van der Waals surface area contributed by atoms with E-state index < -0.39 is 0 Å². The lowest BCUT2D eigenvalue weighted by atomic mass is 10.1. The Morgan fingerprint density at radius 1 is 1.55 bits per heavy atom. The van der Waals surface area contributed by atoms with Crippen LogP contribution in [0, 0.1) is 0 Å². The topological polar surface area (TPSA) is 15.3 Å². The Morgan fingerprint density at radius 3 is 3.00 bits per heavy atom. The van der Waals surface area contributed by atoms with Gasteiger partial charge in [0.25, 0.3) is 0 Å². The van der Waals surface area contributed by atoms with Gasteiger partial charge in [-0.15, -0.1) is 0 Å². The predicted octanol–water partition coefficient (Wildman–Crippen LogP) is 1.08. The highest BCUT2D eigenvalue weighted by Gasteiger charge is 2.21. The van der Waals surface area contributed by atoms with E-state index in [1.807, 2.05) is 7.05 Å². The third kappa shape index (κ3) is 2.46. The van der Waals surface area contributed by atoms with Gasteiger partial charge in [-0.2, -0.15) is 0 Å². The Hall–Kier alpha value is -0.0800. The average Bonchev–Trinajstić information content (AvgIpc) is 2.47. The van der Waals surface area contributed by atoms with Crippen LogP contribution in [0.15, 0.2) is 0 Å². The fourth-order valence-electron chi connectivity index (χ4n) is 1.95. The lowest BCUT2D eigenvalue weighted by Crippen LogP contribution is -2.31. The van der Waals surface area contributed by atoms with Crippen LogP contribution in [-0.2, 0) is 0 Å². The summed E-state index contributed by atoms with van der Waals surface area (Å²) in [6.07, 6.45) is 4.14. The molecule has 0 saturated carbocycles. The number of hydrogen-bond acceptors (Lipinski definition) is 2. The third-order valence-corrected chi connectivity index (χ3v) is 2.63. The molecule has 1 aliphatic heterocycles. The summed E-state index contributed by atoms with van der Waals surface area (Å²) in [4.78, 5) is 2.59. The van der Waals surface area contributed by atoms with Crippen LogP contribution in [0.5, 0.6) is 0 Å². The molecule has 2 heteroatoms. The Bertz CT molecular complexity index is 104. The van der Waals surface area contributed by atoms with Crippen molar-refractivity contribution in [3.05, 3.63) is 0 Å². The van der Waals surface area contributed by atoms with Crippen molar-refractivity contribution in [1.29, 1.82) is 0 Å². The molecule has 0 bridgehead atoms. The van der Waals surface area contributed by atoms with Gasteiger partial charge in [-0.3, -0.25) is 0 Å². The van der Waals surface area contributed by atoms with Gasteiger partial charge in [0.1, 0.15) is 0 Å².